The number of alkyl carbamates (subject to hydrolysis) is 1. The molecule has 156 valence electrons. The highest BCUT2D eigenvalue weighted by Gasteiger charge is 2.15. The Hall–Kier alpha value is -1.10. The van der Waals surface area contributed by atoms with Gasteiger partial charge in [-0.05, 0) is 40.0 Å². The first kappa shape index (κ1) is 25.9. The number of carbonyl (C=O) groups is 1. The van der Waals surface area contributed by atoms with Crippen LogP contribution in [0.1, 0.15) is 64.6 Å². The number of hydrogen-bond donors (Lipinski definition) is 3. The van der Waals surface area contributed by atoms with Gasteiger partial charge in [-0.2, -0.15) is 0 Å². The zero-order valence-electron chi connectivity index (χ0n) is 17.2. The lowest BCUT2D eigenvalue weighted by Gasteiger charge is -2.19. The first-order valence-electron chi connectivity index (χ1n) is 9.14. The summed E-state index contributed by atoms with van der Waals surface area (Å²) >= 11 is 1.64. The number of guanidine groups is 1. The molecular formula is C18H34IN5O2S. The molecule has 3 N–H and O–H groups in total. The smallest absolute Gasteiger partial charge is 0.407 e. The van der Waals surface area contributed by atoms with E-state index in [0.29, 0.717) is 25.6 Å². The van der Waals surface area contributed by atoms with E-state index in [1.807, 2.05) is 27.7 Å². The summed E-state index contributed by atoms with van der Waals surface area (Å²) in [5.41, 5.74) is 0.643. The van der Waals surface area contributed by atoms with Crippen LogP contribution in [0.4, 0.5) is 4.79 Å². The number of carbonyl (C=O) groups excluding carboxylic acids is 1. The fourth-order valence-corrected chi connectivity index (χ4v) is 2.83. The first-order valence-corrected chi connectivity index (χ1v) is 10.0. The average molecular weight is 511 g/mol. The molecule has 7 nitrogen and oxygen atoms in total. The minimum Gasteiger partial charge on any atom is -0.444 e. The molecule has 1 aromatic rings. The van der Waals surface area contributed by atoms with E-state index in [1.54, 1.807) is 11.3 Å². The number of amides is 1. The molecule has 1 heterocycles. The van der Waals surface area contributed by atoms with E-state index < -0.39 is 5.60 Å². The van der Waals surface area contributed by atoms with Gasteiger partial charge >= 0.3 is 6.09 Å². The van der Waals surface area contributed by atoms with Crippen molar-refractivity contribution in [3.05, 3.63) is 16.1 Å². The summed E-state index contributed by atoms with van der Waals surface area (Å²) in [6, 6.07) is 0. The van der Waals surface area contributed by atoms with Crippen LogP contribution in [0.15, 0.2) is 10.4 Å². The quantitative estimate of drug-likeness (QED) is 0.214. The molecule has 0 aliphatic carbocycles. The Balaban J connectivity index is 0.00000676. The molecule has 0 fully saturated rings. The zero-order valence-corrected chi connectivity index (χ0v) is 20.4. The largest absolute Gasteiger partial charge is 0.444 e. The summed E-state index contributed by atoms with van der Waals surface area (Å²) in [5, 5.41) is 12.3. The van der Waals surface area contributed by atoms with Crippen molar-refractivity contribution < 1.29 is 9.53 Å². The van der Waals surface area contributed by atoms with Crippen molar-refractivity contribution in [1.29, 1.82) is 0 Å². The molecule has 0 radical (unpaired) electrons. The van der Waals surface area contributed by atoms with Crippen LogP contribution < -0.4 is 16.0 Å². The second kappa shape index (κ2) is 13.1. The highest BCUT2D eigenvalue weighted by atomic mass is 127. The molecule has 0 saturated carbocycles. The summed E-state index contributed by atoms with van der Waals surface area (Å²) in [4.78, 5) is 20.7. The molecule has 1 aromatic heterocycles. The minimum atomic E-state index is -0.474. The third-order valence-corrected chi connectivity index (χ3v) is 4.04. The Morgan fingerprint density at radius 3 is 2.48 bits per heavy atom. The zero-order chi connectivity index (χ0) is 19.6. The van der Waals surface area contributed by atoms with Gasteiger partial charge in [0, 0.05) is 25.0 Å². The van der Waals surface area contributed by atoms with Crippen molar-refractivity contribution in [2.45, 2.75) is 66.0 Å². The van der Waals surface area contributed by atoms with Gasteiger partial charge in [-0.15, -0.1) is 35.3 Å². The van der Waals surface area contributed by atoms with Gasteiger partial charge in [0.05, 0.1) is 12.2 Å². The van der Waals surface area contributed by atoms with Crippen LogP contribution in [0.3, 0.4) is 0 Å². The number of thiazole rings is 1. The van der Waals surface area contributed by atoms with Gasteiger partial charge in [-0.1, -0.05) is 13.8 Å². The summed E-state index contributed by atoms with van der Waals surface area (Å²) in [7, 11) is 0. The van der Waals surface area contributed by atoms with Gasteiger partial charge in [0.15, 0.2) is 5.96 Å². The average Bonchev–Trinajstić information content (AvgIpc) is 2.99. The van der Waals surface area contributed by atoms with Gasteiger partial charge in [0.1, 0.15) is 10.6 Å². The van der Waals surface area contributed by atoms with Crippen molar-refractivity contribution in [3.8, 4) is 0 Å². The van der Waals surface area contributed by atoms with Crippen molar-refractivity contribution >= 4 is 47.4 Å². The van der Waals surface area contributed by atoms with Crippen LogP contribution in [0.5, 0.6) is 0 Å². The summed E-state index contributed by atoms with van der Waals surface area (Å²) in [5.74, 6) is 1.19. The lowest BCUT2D eigenvalue weighted by atomic mass is 10.2. The van der Waals surface area contributed by atoms with E-state index in [0.717, 1.165) is 29.6 Å². The predicted octanol–water partition coefficient (Wildman–Crippen LogP) is 3.85. The van der Waals surface area contributed by atoms with Gasteiger partial charge in [-0.25, -0.2) is 14.8 Å². The number of hydrogen-bond acceptors (Lipinski definition) is 5. The molecule has 0 unspecified atom stereocenters. The van der Waals surface area contributed by atoms with E-state index in [9.17, 15) is 4.79 Å². The minimum absolute atomic E-state index is 0. The molecule has 9 heteroatoms. The topological polar surface area (TPSA) is 87.6 Å². The van der Waals surface area contributed by atoms with E-state index in [2.05, 4.69) is 45.2 Å². The van der Waals surface area contributed by atoms with Crippen LogP contribution in [0.2, 0.25) is 0 Å². The molecular weight excluding hydrogens is 477 g/mol. The Kier molecular flexibility index (Phi) is 12.6. The van der Waals surface area contributed by atoms with Crippen molar-refractivity contribution in [2.24, 2.45) is 4.99 Å². The fourth-order valence-electron chi connectivity index (χ4n) is 1.95. The van der Waals surface area contributed by atoms with E-state index in [4.69, 9.17) is 4.74 Å². The summed E-state index contributed by atoms with van der Waals surface area (Å²) in [6.07, 6.45) is 0.390. The molecule has 0 aliphatic rings. The number of halogens is 1. The number of aliphatic imine (C=N–C) groups is 1. The van der Waals surface area contributed by atoms with Gasteiger partial charge in [-0.3, -0.25) is 0 Å². The summed E-state index contributed by atoms with van der Waals surface area (Å²) < 4.78 is 5.20. The maximum atomic E-state index is 11.6. The first-order chi connectivity index (χ1) is 12.2. The maximum Gasteiger partial charge on any atom is 0.407 e. The number of nitrogens with one attached hydrogen (secondary N) is 3. The Morgan fingerprint density at radius 1 is 1.26 bits per heavy atom. The van der Waals surface area contributed by atoms with Crippen LogP contribution >= 0.6 is 35.3 Å². The number of aromatic nitrogens is 1. The second-order valence-electron chi connectivity index (χ2n) is 7.22. The molecule has 0 aromatic carbocycles. The molecule has 0 atom stereocenters. The van der Waals surface area contributed by atoms with Gasteiger partial charge in [0.25, 0.3) is 0 Å². The van der Waals surface area contributed by atoms with Crippen molar-refractivity contribution in [3.63, 3.8) is 0 Å². The second-order valence-corrected chi connectivity index (χ2v) is 8.17. The lowest BCUT2D eigenvalue weighted by Crippen LogP contribution is -2.39. The molecule has 1 amide bonds. The third kappa shape index (κ3) is 12.1. The molecule has 27 heavy (non-hydrogen) atoms. The molecule has 0 saturated heterocycles. The standard InChI is InChI=1S/C18H33N5O2S.HI/c1-7-19-16(22-11-15-23-14(12-26-15)13(2)3)20-9-8-10-21-17(24)25-18(4,5)6;/h12-13H,7-11H2,1-6H3,(H,21,24)(H2,19,20,22);1H. The van der Waals surface area contributed by atoms with Crippen LogP contribution in [-0.2, 0) is 11.3 Å². The normalized spacial score (nSPS) is 11.7. The molecule has 0 spiro atoms. The van der Waals surface area contributed by atoms with Crippen molar-refractivity contribution in [2.75, 3.05) is 19.6 Å². The van der Waals surface area contributed by atoms with Gasteiger partial charge in [0.2, 0.25) is 0 Å². The maximum absolute atomic E-state index is 11.6. The van der Waals surface area contributed by atoms with Crippen LogP contribution in [0.25, 0.3) is 0 Å². The Morgan fingerprint density at radius 2 is 1.93 bits per heavy atom. The summed E-state index contributed by atoms with van der Waals surface area (Å²) in [6.45, 7) is 14.4. The molecule has 1 rings (SSSR count). The monoisotopic (exact) mass is 511 g/mol. The highest BCUT2D eigenvalue weighted by Crippen LogP contribution is 2.18. The SMILES string of the molecule is CCNC(=NCc1nc(C(C)C)cs1)NCCCNC(=O)OC(C)(C)C.I. The van der Waals surface area contributed by atoms with E-state index in [1.165, 1.54) is 0 Å². The number of nitrogens with zero attached hydrogens (tertiary/aromatic N) is 2. The highest BCUT2D eigenvalue weighted by molar-refractivity contribution is 14.0. The van der Waals surface area contributed by atoms with Crippen LogP contribution in [0, 0.1) is 0 Å². The number of ether oxygens (including phenoxy) is 1. The molecule has 0 bridgehead atoms. The number of rotatable bonds is 8. The third-order valence-electron chi connectivity index (χ3n) is 3.19. The van der Waals surface area contributed by atoms with E-state index >= 15 is 0 Å². The predicted molar refractivity (Wildman–Crippen MR) is 123 cm³/mol. The fraction of sp³-hybridized carbons (Fsp3) is 0.722. The van der Waals surface area contributed by atoms with E-state index in [-0.39, 0.29) is 30.1 Å². The molecule has 0 aliphatic heterocycles. The Labute approximate surface area is 184 Å². The van der Waals surface area contributed by atoms with Crippen molar-refractivity contribution in [1.82, 2.24) is 20.9 Å². The van der Waals surface area contributed by atoms with Gasteiger partial charge < -0.3 is 20.7 Å². The van der Waals surface area contributed by atoms with Crippen LogP contribution in [-0.4, -0.2) is 42.3 Å². The lowest BCUT2D eigenvalue weighted by molar-refractivity contribution is 0.0527. The Bertz CT molecular complexity index is 585.